The van der Waals surface area contributed by atoms with Crippen molar-refractivity contribution in [2.45, 2.75) is 33.6 Å². The number of aromatic nitrogens is 2. The lowest BCUT2D eigenvalue weighted by atomic mass is 10.1. The Morgan fingerprint density at radius 2 is 1.72 bits per heavy atom. The van der Waals surface area contributed by atoms with Crippen molar-refractivity contribution >= 4 is 17.6 Å². The van der Waals surface area contributed by atoms with Crippen LogP contribution in [0.25, 0.3) is 11.3 Å². The van der Waals surface area contributed by atoms with Crippen LogP contribution in [0.4, 0.5) is 5.82 Å². The Bertz CT molecular complexity index is 1240. The number of methoxy groups -OCH3 is 1. The molecule has 0 radical (unpaired) electrons. The Morgan fingerprint density at radius 3 is 2.38 bits per heavy atom. The van der Waals surface area contributed by atoms with Gasteiger partial charge in [-0.25, -0.2) is 0 Å². The maximum absolute atomic E-state index is 13.4. The van der Waals surface area contributed by atoms with Gasteiger partial charge < -0.3 is 19.4 Å². The van der Waals surface area contributed by atoms with Crippen LogP contribution in [0.5, 0.6) is 5.75 Å². The van der Waals surface area contributed by atoms with Gasteiger partial charge in [0, 0.05) is 43.9 Å². The molecule has 8 heteroatoms. The molecule has 0 spiro atoms. The molecule has 2 aromatic carbocycles. The minimum absolute atomic E-state index is 0.0107. The lowest BCUT2D eigenvalue weighted by molar-refractivity contribution is -0.131. The first-order valence-electron chi connectivity index (χ1n) is 13.7. The molecule has 0 unspecified atom stereocenters. The molecular formula is C31H39N5O3. The summed E-state index contributed by atoms with van der Waals surface area (Å²) in [5.41, 5.74) is 3.36. The Hall–Kier alpha value is -3.94. The van der Waals surface area contributed by atoms with Crippen LogP contribution >= 0.6 is 0 Å². The van der Waals surface area contributed by atoms with Gasteiger partial charge in [-0.05, 0) is 73.7 Å². The van der Waals surface area contributed by atoms with Crippen LogP contribution in [0.2, 0.25) is 0 Å². The molecule has 4 rings (SSSR count). The molecule has 0 saturated carbocycles. The third-order valence-corrected chi connectivity index (χ3v) is 7.17. The van der Waals surface area contributed by atoms with Crippen LogP contribution in [-0.2, 0) is 4.79 Å². The highest BCUT2D eigenvalue weighted by Gasteiger charge is 2.25. The van der Waals surface area contributed by atoms with Crippen LogP contribution < -0.4 is 9.64 Å². The van der Waals surface area contributed by atoms with E-state index in [-0.39, 0.29) is 18.4 Å². The van der Waals surface area contributed by atoms with Crippen LogP contribution in [0, 0.1) is 12.8 Å². The van der Waals surface area contributed by atoms with Gasteiger partial charge in [-0.3, -0.25) is 9.59 Å². The fraction of sp³-hybridized carbons (Fsp3) is 0.419. The van der Waals surface area contributed by atoms with Crippen molar-refractivity contribution in [1.29, 1.82) is 0 Å². The summed E-state index contributed by atoms with van der Waals surface area (Å²) in [5.74, 6) is 1.95. The highest BCUT2D eigenvalue weighted by Crippen LogP contribution is 2.22. The summed E-state index contributed by atoms with van der Waals surface area (Å²) >= 11 is 0. The predicted octanol–water partition coefficient (Wildman–Crippen LogP) is 4.69. The zero-order valence-corrected chi connectivity index (χ0v) is 23.5. The largest absolute Gasteiger partial charge is 0.497 e. The van der Waals surface area contributed by atoms with Crippen molar-refractivity contribution in [1.82, 2.24) is 20.0 Å². The fourth-order valence-electron chi connectivity index (χ4n) is 4.72. The number of carbonyl (C=O) groups is 2. The van der Waals surface area contributed by atoms with E-state index >= 15 is 0 Å². The smallest absolute Gasteiger partial charge is 0.254 e. The second kappa shape index (κ2) is 13.2. The van der Waals surface area contributed by atoms with Crippen LogP contribution in [0.1, 0.15) is 42.6 Å². The van der Waals surface area contributed by atoms with Gasteiger partial charge >= 0.3 is 0 Å². The van der Waals surface area contributed by atoms with E-state index in [9.17, 15) is 9.59 Å². The first kappa shape index (κ1) is 28.1. The highest BCUT2D eigenvalue weighted by atomic mass is 16.5. The zero-order valence-electron chi connectivity index (χ0n) is 23.5. The SMILES string of the molecule is COc1ccc(-c2ccc(N3CCCN(C(=O)CN(CCC(C)C)C(=O)c4ccccc4C)CC3)nn2)cc1. The molecule has 0 aliphatic carbocycles. The van der Waals surface area contributed by atoms with Gasteiger partial charge in [0.05, 0.1) is 12.8 Å². The Balaban J connectivity index is 1.38. The number of nitrogens with zero attached hydrogens (tertiary/aromatic N) is 5. The lowest BCUT2D eigenvalue weighted by Gasteiger charge is -2.28. The molecule has 1 aromatic heterocycles. The molecule has 1 aliphatic heterocycles. The standard InChI is InChI=1S/C31H39N5O3/c1-23(2)16-19-36(31(38)27-9-6-5-8-24(27)3)22-30(37)35-18-7-17-34(20-21-35)29-15-14-28(32-33-29)25-10-12-26(39-4)13-11-25/h5-6,8-15,23H,7,16-22H2,1-4H3. The van der Waals surface area contributed by atoms with E-state index in [4.69, 9.17) is 4.74 Å². The molecule has 1 saturated heterocycles. The van der Waals surface area contributed by atoms with E-state index in [1.807, 2.05) is 72.5 Å². The third kappa shape index (κ3) is 7.34. The van der Waals surface area contributed by atoms with Crippen molar-refractivity contribution in [3.8, 4) is 17.0 Å². The minimum Gasteiger partial charge on any atom is -0.497 e. The average Bonchev–Trinajstić information content (AvgIpc) is 3.22. The van der Waals surface area contributed by atoms with E-state index in [2.05, 4.69) is 28.9 Å². The van der Waals surface area contributed by atoms with Gasteiger partial charge in [-0.2, -0.15) is 0 Å². The summed E-state index contributed by atoms with van der Waals surface area (Å²) in [4.78, 5) is 32.6. The normalized spacial score (nSPS) is 13.8. The van der Waals surface area contributed by atoms with Crippen LogP contribution in [0.3, 0.4) is 0 Å². The molecule has 2 amide bonds. The first-order valence-corrected chi connectivity index (χ1v) is 13.7. The van der Waals surface area contributed by atoms with Gasteiger partial charge in [-0.15, -0.1) is 10.2 Å². The van der Waals surface area contributed by atoms with Gasteiger partial charge in [0.1, 0.15) is 12.3 Å². The first-order chi connectivity index (χ1) is 18.9. The topological polar surface area (TPSA) is 78.9 Å². The summed E-state index contributed by atoms with van der Waals surface area (Å²) in [6, 6.07) is 19.3. The Kier molecular flexibility index (Phi) is 9.52. The number of carbonyl (C=O) groups excluding carboxylic acids is 2. The Labute approximate surface area is 231 Å². The molecule has 0 N–H and O–H groups in total. The molecule has 3 aromatic rings. The molecule has 39 heavy (non-hydrogen) atoms. The second-order valence-corrected chi connectivity index (χ2v) is 10.5. The van der Waals surface area contributed by atoms with E-state index in [1.54, 1.807) is 12.0 Å². The predicted molar refractivity (Wildman–Crippen MR) is 154 cm³/mol. The summed E-state index contributed by atoms with van der Waals surface area (Å²) in [5, 5.41) is 8.91. The number of benzene rings is 2. The monoisotopic (exact) mass is 529 g/mol. The molecular weight excluding hydrogens is 490 g/mol. The number of ether oxygens (including phenoxy) is 1. The highest BCUT2D eigenvalue weighted by molar-refractivity contribution is 5.97. The average molecular weight is 530 g/mol. The number of anilines is 1. The zero-order chi connectivity index (χ0) is 27.8. The summed E-state index contributed by atoms with van der Waals surface area (Å²) < 4.78 is 5.23. The quantitative estimate of drug-likeness (QED) is 0.400. The molecule has 8 nitrogen and oxygen atoms in total. The summed E-state index contributed by atoms with van der Waals surface area (Å²) in [6.45, 7) is 9.55. The molecule has 1 fully saturated rings. The van der Waals surface area contributed by atoms with Gasteiger partial charge in [0.25, 0.3) is 5.91 Å². The number of aryl methyl sites for hydroxylation is 1. The van der Waals surface area contributed by atoms with Crippen LogP contribution in [0.15, 0.2) is 60.7 Å². The van der Waals surface area contributed by atoms with Gasteiger partial charge in [-0.1, -0.05) is 32.0 Å². The van der Waals surface area contributed by atoms with E-state index < -0.39 is 0 Å². The number of amides is 2. The molecule has 0 atom stereocenters. The maximum Gasteiger partial charge on any atom is 0.254 e. The van der Waals surface area contributed by atoms with Crippen molar-refractivity contribution in [3.05, 3.63) is 71.8 Å². The van der Waals surface area contributed by atoms with Gasteiger partial charge in [0.2, 0.25) is 5.91 Å². The second-order valence-electron chi connectivity index (χ2n) is 10.5. The number of hydrogen-bond acceptors (Lipinski definition) is 6. The van der Waals surface area contributed by atoms with Crippen molar-refractivity contribution in [3.63, 3.8) is 0 Å². The number of rotatable bonds is 9. The van der Waals surface area contributed by atoms with Crippen molar-refractivity contribution in [2.24, 2.45) is 5.92 Å². The Morgan fingerprint density at radius 1 is 0.949 bits per heavy atom. The minimum atomic E-state index is -0.0780. The third-order valence-electron chi connectivity index (χ3n) is 7.17. The van der Waals surface area contributed by atoms with Gasteiger partial charge in [0.15, 0.2) is 5.82 Å². The van der Waals surface area contributed by atoms with Crippen LogP contribution in [-0.4, -0.2) is 78.2 Å². The molecule has 1 aliphatic rings. The van der Waals surface area contributed by atoms with E-state index in [0.717, 1.165) is 47.8 Å². The molecule has 206 valence electrons. The molecule has 2 heterocycles. The molecule has 0 bridgehead atoms. The summed E-state index contributed by atoms with van der Waals surface area (Å²) in [6.07, 6.45) is 1.68. The number of hydrogen-bond donors (Lipinski definition) is 0. The van der Waals surface area contributed by atoms with Crippen molar-refractivity contribution < 1.29 is 14.3 Å². The van der Waals surface area contributed by atoms with E-state index in [1.165, 1.54) is 0 Å². The fourth-order valence-corrected chi connectivity index (χ4v) is 4.72. The van der Waals surface area contributed by atoms with E-state index in [0.29, 0.717) is 37.7 Å². The van der Waals surface area contributed by atoms with Crippen molar-refractivity contribution in [2.75, 3.05) is 51.3 Å². The maximum atomic E-state index is 13.4. The summed E-state index contributed by atoms with van der Waals surface area (Å²) in [7, 11) is 1.65. The lowest BCUT2D eigenvalue weighted by Crippen LogP contribution is -2.45.